The summed E-state index contributed by atoms with van der Waals surface area (Å²) < 4.78 is 0. The van der Waals surface area contributed by atoms with E-state index in [9.17, 15) is 4.79 Å². The van der Waals surface area contributed by atoms with E-state index in [0.29, 0.717) is 16.5 Å². The Kier molecular flexibility index (Phi) is 2.19. The molecular formula is C7H7ClN2O. The highest BCUT2D eigenvalue weighted by Crippen LogP contribution is 2.08. The van der Waals surface area contributed by atoms with Crippen LogP contribution >= 0.6 is 11.6 Å². The molecular weight excluding hydrogens is 164 g/mol. The molecule has 0 saturated heterocycles. The van der Waals surface area contributed by atoms with E-state index in [4.69, 9.17) is 11.6 Å². The van der Waals surface area contributed by atoms with Crippen LogP contribution in [0.15, 0.2) is 6.20 Å². The minimum absolute atomic E-state index is 0.0998. The number of hydrogen-bond donors (Lipinski definition) is 0. The first-order valence-electron chi connectivity index (χ1n) is 3.11. The third-order valence-electron chi connectivity index (χ3n) is 1.25. The zero-order chi connectivity index (χ0) is 8.43. The molecule has 0 N–H and O–H groups in total. The molecule has 0 aliphatic heterocycles. The van der Waals surface area contributed by atoms with Gasteiger partial charge in [0.15, 0.2) is 5.78 Å². The summed E-state index contributed by atoms with van der Waals surface area (Å²) >= 11 is 5.60. The average Bonchev–Trinajstić information content (AvgIpc) is 1.94. The van der Waals surface area contributed by atoms with Crippen molar-refractivity contribution in [3.63, 3.8) is 0 Å². The second-order valence-electron chi connectivity index (χ2n) is 2.19. The summed E-state index contributed by atoms with van der Waals surface area (Å²) in [6.07, 6.45) is 1.37. The number of carbonyl (C=O) groups is 1. The Bertz CT molecular complexity index is 298. The maximum atomic E-state index is 10.8. The Morgan fingerprint density at radius 2 is 2.27 bits per heavy atom. The molecule has 0 aliphatic rings. The standard InChI is InChI=1S/C7H7ClN2O/c1-4-7(8)9-3-6(10-4)5(2)11/h3H,1-2H3. The summed E-state index contributed by atoms with van der Waals surface area (Å²) in [5.74, 6) is -0.0998. The van der Waals surface area contributed by atoms with Gasteiger partial charge in [0, 0.05) is 6.92 Å². The Morgan fingerprint density at radius 3 is 2.73 bits per heavy atom. The lowest BCUT2D eigenvalue weighted by atomic mass is 10.3. The molecule has 1 heterocycles. The quantitative estimate of drug-likeness (QED) is 0.602. The fraction of sp³-hybridized carbons (Fsp3) is 0.286. The van der Waals surface area contributed by atoms with Crippen LogP contribution in [0.5, 0.6) is 0 Å². The van der Waals surface area contributed by atoms with Gasteiger partial charge in [0.25, 0.3) is 0 Å². The van der Waals surface area contributed by atoms with Gasteiger partial charge >= 0.3 is 0 Å². The first-order chi connectivity index (χ1) is 5.11. The average molecular weight is 171 g/mol. The van der Waals surface area contributed by atoms with Gasteiger partial charge in [-0.15, -0.1) is 0 Å². The van der Waals surface area contributed by atoms with Crippen molar-refractivity contribution in [3.05, 3.63) is 22.7 Å². The largest absolute Gasteiger partial charge is 0.293 e. The Hall–Kier alpha value is -0.960. The van der Waals surface area contributed by atoms with Crippen molar-refractivity contribution in [1.82, 2.24) is 9.97 Å². The number of nitrogens with zero attached hydrogens (tertiary/aromatic N) is 2. The molecule has 0 fully saturated rings. The highest BCUT2D eigenvalue weighted by Gasteiger charge is 2.03. The van der Waals surface area contributed by atoms with E-state index in [0.717, 1.165) is 0 Å². The van der Waals surface area contributed by atoms with Gasteiger partial charge < -0.3 is 0 Å². The number of halogens is 1. The van der Waals surface area contributed by atoms with Crippen molar-refractivity contribution >= 4 is 17.4 Å². The van der Waals surface area contributed by atoms with Crippen molar-refractivity contribution in [2.45, 2.75) is 13.8 Å². The number of ketones is 1. The SMILES string of the molecule is CC(=O)c1cnc(Cl)c(C)n1. The second kappa shape index (κ2) is 2.96. The van der Waals surface area contributed by atoms with Gasteiger partial charge in [-0.1, -0.05) is 11.6 Å². The van der Waals surface area contributed by atoms with Crippen molar-refractivity contribution in [2.75, 3.05) is 0 Å². The zero-order valence-electron chi connectivity index (χ0n) is 6.26. The highest BCUT2D eigenvalue weighted by atomic mass is 35.5. The smallest absolute Gasteiger partial charge is 0.179 e. The first-order valence-corrected chi connectivity index (χ1v) is 3.49. The summed E-state index contributed by atoms with van der Waals surface area (Å²) in [6, 6.07) is 0. The van der Waals surface area contributed by atoms with E-state index < -0.39 is 0 Å². The fourth-order valence-corrected chi connectivity index (χ4v) is 0.728. The molecule has 0 spiro atoms. The second-order valence-corrected chi connectivity index (χ2v) is 2.55. The van der Waals surface area contributed by atoms with Gasteiger partial charge in [0.2, 0.25) is 0 Å². The predicted molar refractivity (Wildman–Crippen MR) is 41.8 cm³/mol. The molecule has 0 saturated carbocycles. The van der Waals surface area contributed by atoms with Gasteiger partial charge in [-0.2, -0.15) is 0 Å². The third kappa shape index (κ3) is 1.74. The lowest BCUT2D eigenvalue weighted by molar-refractivity contribution is 0.101. The van der Waals surface area contributed by atoms with Gasteiger partial charge in [-0.25, -0.2) is 9.97 Å². The van der Waals surface area contributed by atoms with E-state index in [1.165, 1.54) is 13.1 Å². The van der Waals surface area contributed by atoms with Crippen LogP contribution in [-0.4, -0.2) is 15.8 Å². The molecule has 3 nitrogen and oxygen atoms in total. The monoisotopic (exact) mass is 170 g/mol. The number of aryl methyl sites for hydroxylation is 1. The lowest BCUT2D eigenvalue weighted by Crippen LogP contribution is -1.99. The fourth-order valence-electron chi connectivity index (χ4n) is 0.637. The molecule has 0 amide bonds. The first kappa shape index (κ1) is 8.14. The van der Waals surface area contributed by atoms with Gasteiger partial charge in [-0.3, -0.25) is 4.79 Å². The molecule has 0 unspecified atom stereocenters. The molecule has 58 valence electrons. The number of hydrogen-bond acceptors (Lipinski definition) is 3. The van der Waals surface area contributed by atoms with Crippen molar-refractivity contribution in [1.29, 1.82) is 0 Å². The Labute approximate surface area is 69.4 Å². The molecule has 0 bridgehead atoms. The number of carbonyl (C=O) groups excluding carboxylic acids is 1. The maximum Gasteiger partial charge on any atom is 0.179 e. The summed E-state index contributed by atoms with van der Waals surface area (Å²) in [6.45, 7) is 3.15. The van der Waals surface area contributed by atoms with Crippen molar-refractivity contribution in [2.24, 2.45) is 0 Å². The van der Waals surface area contributed by atoms with Crippen molar-refractivity contribution in [3.8, 4) is 0 Å². The van der Waals surface area contributed by atoms with Crippen LogP contribution in [-0.2, 0) is 0 Å². The molecule has 0 atom stereocenters. The Morgan fingerprint density at radius 1 is 1.64 bits per heavy atom. The lowest BCUT2D eigenvalue weighted by Gasteiger charge is -1.96. The summed E-state index contributed by atoms with van der Waals surface area (Å²) in [5.41, 5.74) is 0.936. The summed E-state index contributed by atoms with van der Waals surface area (Å²) in [4.78, 5) is 18.5. The predicted octanol–water partition coefficient (Wildman–Crippen LogP) is 1.64. The molecule has 1 aromatic rings. The van der Waals surface area contributed by atoms with Crippen molar-refractivity contribution < 1.29 is 4.79 Å². The van der Waals surface area contributed by atoms with E-state index in [1.54, 1.807) is 6.92 Å². The van der Waals surface area contributed by atoms with Crippen LogP contribution in [0.3, 0.4) is 0 Å². The van der Waals surface area contributed by atoms with Crippen LogP contribution in [0, 0.1) is 6.92 Å². The number of aromatic nitrogens is 2. The Balaban J connectivity index is 3.15. The molecule has 11 heavy (non-hydrogen) atoms. The molecule has 1 aromatic heterocycles. The maximum absolute atomic E-state index is 10.8. The van der Waals surface area contributed by atoms with Crippen LogP contribution < -0.4 is 0 Å². The minimum Gasteiger partial charge on any atom is -0.293 e. The molecule has 4 heteroatoms. The van der Waals surface area contributed by atoms with Crippen LogP contribution in [0.1, 0.15) is 23.1 Å². The molecule has 1 rings (SSSR count). The number of Topliss-reactive ketones (excluding diaryl/α,β-unsaturated/α-hetero) is 1. The van der Waals surface area contributed by atoms with Crippen LogP contribution in [0.25, 0.3) is 0 Å². The summed E-state index contributed by atoms with van der Waals surface area (Å²) in [7, 11) is 0. The van der Waals surface area contributed by atoms with E-state index in [2.05, 4.69) is 9.97 Å². The van der Waals surface area contributed by atoms with E-state index >= 15 is 0 Å². The van der Waals surface area contributed by atoms with Gasteiger partial charge in [0.05, 0.1) is 11.9 Å². The third-order valence-corrected chi connectivity index (χ3v) is 1.62. The zero-order valence-corrected chi connectivity index (χ0v) is 7.01. The number of rotatable bonds is 1. The van der Waals surface area contributed by atoms with E-state index in [1.807, 2.05) is 0 Å². The van der Waals surface area contributed by atoms with Crippen LogP contribution in [0.2, 0.25) is 5.15 Å². The normalized spacial score (nSPS) is 9.73. The van der Waals surface area contributed by atoms with E-state index in [-0.39, 0.29) is 5.78 Å². The van der Waals surface area contributed by atoms with Gasteiger partial charge in [0.1, 0.15) is 10.8 Å². The summed E-state index contributed by atoms with van der Waals surface area (Å²) in [5, 5.41) is 0.343. The topological polar surface area (TPSA) is 42.9 Å². The van der Waals surface area contributed by atoms with Gasteiger partial charge in [-0.05, 0) is 6.92 Å². The molecule has 0 aliphatic carbocycles. The minimum atomic E-state index is -0.0998. The highest BCUT2D eigenvalue weighted by molar-refractivity contribution is 6.30. The molecule has 0 radical (unpaired) electrons. The van der Waals surface area contributed by atoms with Crippen LogP contribution in [0.4, 0.5) is 0 Å². The molecule has 0 aromatic carbocycles.